The van der Waals surface area contributed by atoms with Gasteiger partial charge in [-0.2, -0.15) is 0 Å². The van der Waals surface area contributed by atoms with E-state index in [1.165, 1.54) is 12.4 Å². The molecular formula is C28H35N5O6. The van der Waals surface area contributed by atoms with Crippen LogP contribution < -0.4 is 21.4 Å². The first-order chi connectivity index (χ1) is 18.9. The third-order valence-corrected chi connectivity index (χ3v) is 6.05. The van der Waals surface area contributed by atoms with Crippen molar-refractivity contribution >= 4 is 23.4 Å². The third-order valence-electron chi connectivity index (χ3n) is 6.05. The zero-order valence-electron chi connectivity index (χ0n) is 21.9. The van der Waals surface area contributed by atoms with E-state index in [9.17, 15) is 19.5 Å². The summed E-state index contributed by atoms with van der Waals surface area (Å²) >= 11 is 0. The van der Waals surface area contributed by atoms with Gasteiger partial charge in [-0.3, -0.25) is 24.5 Å². The van der Waals surface area contributed by atoms with E-state index in [1.807, 2.05) is 12.1 Å². The first-order valence-corrected chi connectivity index (χ1v) is 12.8. The molecule has 3 amide bonds. The molecule has 3 rings (SSSR count). The summed E-state index contributed by atoms with van der Waals surface area (Å²) < 4.78 is 5.34. The monoisotopic (exact) mass is 537 g/mol. The van der Waals surface area contributed by atoms with Gasteiger partial charge in [-0.25, -0.2) is 5.48 Å². The minimum atomic E-state index is -1.29. The number of ether oxygens (including phenoxy) is 1. The predicted octanol–water partition coefficient (Wildman–Crippen LogP) is 0.321. The van der Waals surface area contributed by atoms with Crippen molar-refractivity contribution in [3.05, 3.63) is 65.2 Å². The Kier molecular flexibility index (Phi) is 11.9. The van der Waals surface area contributed by atoms with Gasteiger partial charge in [-0.05, 0) is 75.0 Å². The van der Waals surface area contributed by atoms with Gasteiger partial charge in [0.05, 0.1) is 25.9 Å². The summed E-state index contributed by atoms with van der Waals surface area (Å²) in [6.45, 7) is 6.84. The molecule has 0 bridgehead atoms. The van der Waals surface area contributed by atoms with Crippen LogP contribution in [0, 0.1) is 11.8 Å². The SMILES string of the molecule is C[C@@H](O)[C@H](NC(=O)c1ccc(C#Cc2ccc(NC(=O)CNCCCN3CCOCC3)cc2)cc1)C(=O)NO. The second-order valence-electron chi connectivity index (χ2n) is 9.11. The number of anilines is 1. The van der Waals surface area contributed by atoms with Crippen molar-refractivity contribution in [1.29, 1.82) is 0 Å². The molecule has 1 aliphatic rings. The van der Waals surface area contributed by atoms with Crippen molar-refractivity contribution in [2.24, 2.45) is 0 Å². The average Bonchev–Trinajstić information content (AvgIpc) is 2.95. The zero-order chi connectivity index (χ0) is 28.0. The molecule has 1 fully saturated rings. The van der Waals surface area contributed by atoms with Crippen LogP contribution in [0.5, 0.6) is 0 Å². The van der Waals surface area contributed by atoms with Crippen LogP contribution >= 0.6 is 0 Å². The van der Waals surface area contributed by atoms with Crippen LogP contribution in [-0.2, 0) is 14.3 Å². The van der Waals surface area contributed by atoms with Crippen LogP contribution in [-0.4, -0.2) is 91.0 Å². The number of rotatable bonds is 11. The van der Waals surface area contributed by atoms with Gasteiger partial charge in [-0.1, -0.05) is 11.8 Å². The lowest BCUT2D eigenvalue weighted by molar-refractivity contribution is -0.133. The molecule has 0 radical (unpaired) electrons. The van der Waals surface area contributed by atoms with Crippen molar-refractivity contribution < 1.29 is 29.4 Å². The molecule has 2 atom stereocenters. The molecule has 11 nitrogen and oxygen atoms in total. The third kappa shape index (κ3) is 10.1. The van der Waals surface area contributed by atoms with Crippen LogP contribution in [0.3, 0.4) is 0 Å². The number of hydrogen-bond donors (Lipinski definition) is 6. The van der Waals surface area contributed by atoms with E-state index in [2.05, 4.69) is 32.7 Å². The van der Waals surface area contributed by atoms with Gasteiger partial charge in [0.25, 0.3) is 11.8 Å². The summed E-state index contributed by atoms with van der Waals surface area (Å²) in [5.74, 6) is 4.44. The maximum absolute atomic E-state index is 12.4. The molecule has 2 aromatic rings. The Bertz CT molecular complexity index is 1150. The molecule has 1 heterocycles. The Labute approximate surface area is 227 Å². The summed E-state index contributed by atoms with van der Waals surface area (Å²) in [6.07, 6.45) is -0.220. The summed E-state index contributed by atoms with van der Waals surface area (Å²) in [7, 11) is 0. The number of amides is 3. The first kappa shape index (κ1) is 29.8. The molecule has 6 N–H and O–H groups in total. The number of hydroxylamine groups is 1. The normalized spacial score (nSPS) is 14.8. The maximum Gasteiger partial charge on any atom is 0.268 e. The standard InChI is InChI=1S/C28H35N5O6/c1-20(34)26(28(37)32-38)31-27(36)23-9-5-21(6-10-23)3-4-22-7-11-24(12-8-22)30-25(35)19-29-13-2-14-33-15-17-39-18-16-33/h5-12,20,26,29,34,38H,2,13-19H2,1H3,(H,30,35)(H,31,36)(H,32,37)/t20-,26+/m1/s1. The molecule has 0 saturated carbocycles. The summed E-state index contributed by atoms with van der Waals surface area (Å²) in [5, 5.41) is 26.8. The highest BCUT2D eigenvalue weighted by Gasteiger charge is 2.25. The molecule has 11 heteroatoms. The van der Waals surface area contributed by atoms with E-state index >= 15 is 0 Å². The Morgan fingerprint density at radius 1 is 1.00 bits per heavy atom. The molecule has 1 aliphatic heterocycles. The minimum Gasteiger partial charge on any atom is -0.391 e. The Balaban J connectivity index is 1.42. The summed E-state index contributed by atoms with van der Waals surface area (Å²) in [5.41, 5.74) is 3.79. The number of aliphatic hydroxyl groups excluding tert-OH is 1. The van der Waals surface area contributed by atoms with Crippen LogP contribution in [0.4, 0.5) is 5.69 Å². The van der Waals surface area contributed by atoms with Gasteiger partial charge < -0.3 is 25.8 Å². The molecule has 0 spiro atoms. The number of aliphatic hydroxyl groups is 1. The molecular weight excluding hydrogens is 502 g/mol. The predicted molar refractivity (Wildman–Crippen MR) is 145 cm³/mol. The highest BCUT2D eigenvalue weighted by Crippen LogP contribution is 2.10. The molecule has 208 valence electrons. The van der Waals surface area contributed by atoms with Crippen molar-refractivity contribution in [3.8, 4) is 11.8 Å². The zero-order valence-corrected chi connectivity index (χ0v) is 21.9. The van der Waals surface area contributed by atoms with E-state index in [0.717, 1.165) is 51.4 Å². The van der Waals surface area contributed by atoms with Gasteiger partial charge in [-0.15, -0.1) is 0 Å². The van der Waals surface area contributed by atoms with Crippen LogP contribution in [0.2, 0.25) is 0 Å². The number of nitrogens with one attached hydrogen (secondary N) is 4. The van der Waals surface area contributed by atoms with E-state index in [0.29, 0.717) is 11.3 Å². The van der Waals surface area contributed by atoms with Crippen molar-refractivity contribution in [1.82, 2.24) is 21.0 Å². The summed E-state index contributed by atoms with van der Waals surface area (Å²) in [6, 6.07) is 12.3. The smallest absolute Gasteiger partial charge is 0.268 e. The van der Waals surface area contributed by atoms with Crippen molar-refractivity contribution in [2.75, 3.05) is 51.3 Å². The molecule has 0 aromatic heterocycles. The fourth-order valence-electron chi connectivity index (χ4n) is 3.85. The number of benzene rings is 2. The van der Waals surface area contributed by atoms with Gasteiger partial charge in [0.1, 0.15) is 6.04 Å². The fraction of sp³-hybridized carbons (Fsp3) is 0.393. The van der Waals surface area contributed by atoms with E-state index in [1.54, 1.807) is 36.4 Å². The molecule has 39 heavy (non-hydrogen) atoms. The summed E-state index contributed by atoms with van der Waals surface area (Å²) in [4.78, 5) is 38.5. The van der Waals surface area contributed by atoms with E-state index in [-0.39, 0.29) is 18.0 Å². The van der Waals surface area contributed by atoms with E-state index < -0.39 is 24.0 Å². The minimum absolute atomic E-state index is 0.110. The Hall–Kier alpha value is -3.79. The fourth-order valence-corrected chi connectivity index (χ4v) is 3.85. The van der Waals surface area contributed by atoms with E-state index in [4.69, 9.17) is 9.94 Å². The topological polar surface area (TPSA) is 152 Å². The quantitative estimate of drug-likeness (QED) is 0.104. The largest absolute Gasteiger partial charge is 0.391 e. The maximum atomic E-state index is 12.4. The van der Waals surface area contributed by atoms with Gasteiger partial charge in [0, 0.05) is 35.5 Å². The number of hydrogen-bond acceptors (Lipinski definition) is 8. The number of carbonyl (C=O) groups excluding carboxylic acids is 3. The number of morpholine rings is 1. The van der Waals surface area contributed by atoms with Crippen LogP contribution in [0.15, 0.2) is 48.5 Å². The molecule has 1 saturated heterocycles. The van der Waals surface area contributed by atoms with Crippen molar-refractivity contribution in [2.45, 2.75) is 25.5 Å². The highest BCUT2D eigenvalue weighted by molar-refractivity contribution is 5.97. The molecule has 0 aliphatic carbocycles. The lowest BCUT2D eigenvalue weighted by Crippen LogP contribution is -2.51. The van der Waals surface area contributed by atoms with Gasteiger partial charge >= 0.3 is 0 Å². The number of carbonyl (C=O) groups is 3. The second-order valence-corrected chi connectivity index (χ2v) is 9.11. The second kappa shape index (κ2) is 15.6. The first-order valence-electron chi connectivity index (χ1n) is 12.8. The number of nitrogens with zero attached hydrogens (tertiary/aromatic N) is 1. The highest BCUT2D eigenvalue weighted by atomic mass is 16.5. The van der Waals surface area contributed by atoms with Crippen molar-refractivity contribution in [3.63, 3.8) is 0 Å². The van der Waals surface area contributed by atoms with Crippen LogP contribution in [0.1, 0.15) is 34.8 Å². The average molecular weight is 538 g/mol. The Morgan fingerprint density at radius 2 is 1.62 bits per heavy atom. The van der Waals surface area contributed by atoms with Crippen LogP contribution in [0.25, 0.3) is 0 Å². The van der Waals surface area contributed by atoms with Gasteiger partial charge in [0.15, 0.2) is 0 Å². The molecule has 2 aromatic carbocycles. The molecule has 0 unspecified atom stereocenters. The Morgan fingerprint density at radius 3 is 2.21 bits per heavy atom. The lowest BCUT2D eigenvalue weighted by Gasteiger charge is -2.26. The van der Waals surface area contributed by atoms with Gasteiger partial charge in [0.2, 0.25) is 5.91 Å². The lowest BCUT2D eigenvalue weighted by atomic mass is 10.1.